The molecule has 0 aliphatic heterocycles. The van der Waals surface area contributed by atoms with Gasteiger partial charge in [-0.3, -0.25) is 0 Å². The van der Waals surface area contributed by atoms with E-state index in [0.29, 0.717) is 12.3 Å². The van der Waals surface area contributed by atoms with Gasteiger partial charge in [0.2, 0.25) is 0 Å². The smallest absolute Gasteiger partial charge is 0.167 e. The lowest BCUT2D eigenvalue weighted by atomic mass is 10.2. The Balaban J connectivity index is 1.82. The number of benzene rings is 2. The molecule has 96 valence electrons. The highest BCUT2D eigenvalue weighted by Gasteiger charge is 2.07. The molecule has 2 aromatic carbocycles. The number of ether oxygens (including phenoxy) is 1. The third kappa shape index (κ3) is 2.39. The van der Waals surface area contributed by atoms with Gasteiger partial charge in [0.1, 0.15) is 6.61 Å². The molecule has 0 aliphatic rings. The number of anilines is 1. The fourth-order valence-corrected chi connectivity index (χ4v) is 2.88. The maximum absolute atomic E-state index is 13.6. The minimum absolute atomic E-state index is 0.226. The normalized spacial score (nSPS) is 10.8. The quantitative estimate of drug-likeness (QED) is 0.726. The van der Waals surface area contributed by atoms with E-state index in [4.69, 9.17) is 10.5 Å². The maximum Gasteiger partial charge on any atom is 0.167 e. The molecule has 0 saturated carbocycles. The highest BCUT2D eigenvalue weighted by Crippen LogP contribution is 2.27. The van der Waals surface area contributed by atoms with Gasteiger partial charge in [0.25, 0.3) is 0 Å². The van der Waals surface area contributed by atoms with Gasteiger partial charge >= 0.3 is 0 Å². The second-order valence-electron chi connectivity index (χ2n) is 4.24. The van der Waals surface area contributed by atoms with Crippen LogP contribution >= 0.6 is 11.3 Å². The zero-order valence-electron chi connectivity index (χ0n) is 10.1. The van der Waals surface area contributed by atoms with Crippen LogP contribution in [0.3, 0.4) is 0 Å². The molecule has 19 heavy (non-hydrogen) atoms. The molecule has 0 spiro atoms. The Morgan fingerprint density at radius 3 is 2.84 bits per heavy atom. The van der Waals surface area contributed by atoms with Crippen LogP contribution < -0.4 is 10.5 Å². The van der Waals surface area contributed by atoms with E-state index >= 15 is 0 Å². The van der Waals surface area contributed by atoms with E-state index in [9.17, 15) is 4.39 Å². The van der Waals surface area contributed by atoms with E-state index in [1.165, 1.54) is 10.8 Å². The Kier molecular flexibility index (Phi) is 3.09. The number of hydrogen-bond donors (Lipinski definition) is 1. The van der Waals surface area contributed by atoms with E-state index in [-0.39, 0.29) is 5.75 Å². The Bertz CT molecular complexity index is 723. The number of halogens is 1. The van der Waals surface area contributed by atoms with Gasteiger partial charge in [0.15, 0.2) is 11.6 Å². The molecule has 3 aromatic rings. The summed E-state index contributed by atoms with van der Waals surface area (Å²) in [5.74, 6) is -0.205. The van der Waals surface area contributed by atoms with Crippen LogP contribution in [-0.2, 0) is 6.61 Å². The van der Waals surface area contributed by atoms with Crippen molar-refractivity contribution in [2.45, 2.75) is 6.61 Å². The molecule has 2 nitrogen and oxygen atoms in total. The molecule has 1 aromatic heterocycles. The minimum Gasteiger partial charge on any atom is -0.486 e. The lowest BCUT2D eigenvalue weighted by molar-refractivity contribution is 0.292. The standard InChI is InChI=1S/C15H12FNOS/c16-13-7-11(17)5-6-14(13)18-8-10-9-19-15-4-2-1-3-12(10)15/h1-7,9H,8,17H2. The molecule has 0 atom stereocenters. The van der Waals surface area contributed by atoms with Gasteiger partial charge in [-0.1, -0.05) is 18.2 Å². The summed E-state index contributed by atoms with van der Waals surface area (Å²) in [7, 11) is 0. The number of hydrogen-bond acceptors (Lipinski definition) is 3. The lowest BCUT2D eigenvalue weighted by Crippen LogP contribution is -1.97. The van der Waals surface area contributed by atoms with E-state index in [1.54, 1.807) is 23.5 Å². The fourth-order valence-electron chi connectivity index (χ4n) is 1.93. The monoisotopic (exact) mass is 273 g/mol. The second-order valence-corrected chi connectivity index (χ2v) is 5.15. The third-order valence-corrected chi connectivity index (χ3v) is 3.91. The first-order chi connectivity index (χ1) is 9.24. The summed E-state index contributed by atoms with van der Waals surface area (Å²) >= 11 is 1.66. The Morgan fingerprint density at radius 2 is 2.00 bits per heavy atom. The lowest BCUT2D eigenvalue weighted by Gasteiger charge is -2.07. The average Bonchev–Trinajstić information content (AvgIpc) is 2.81. The first kappa shape index (κ1) is 12.0. The summed E-state index contributed by atoms with van der Waals surface area (Å²) in [6.07, 6.45) is 0. The molecule has 4 heteroatoms. The molecule has 0 radical (unpaired) electrons. The Morgan fingerprint density at radius 1 is 1.16 bits per heavy atom. The molecule has 0 fully saturated rings. The first-order valence-electron chi connectivity index (χ1n) is 5.87. The van der Waals surface area contributed by atoms with Crippen molar-refractivity contribution < 1.29 is 9.13 Å². The van der Waals surface area contributed by atoms with Crippen LogP contribution in [0.1, 0.15) is 5.56 Å². The summed E-state index contributed by atoms with van der Waals surface area (Å²) in [5, 5.41) is 3.20. The number of rotatable bonds is 3. The van der Waals surface area contributed by atoms with Crippen molar-refractivity contribution in [1.29, 1.82) is 0 Å². The van der Waals surface area contributed by atoms with Crippen molar-refractivity contribution in [1.82, 2.24) is 0 Å². The summed E-state index contributed by atoms with van der Waals surface area (Å²) in [4.78, 5) is 0. The topological polar surface area (TPSA) is 35.2 Å². The molecule has 0 unspecified atom stereocenters. The third-order valence-electron chi connectivity index (χ3n) is 2.90. The molecular formula is C15H12FNOS. The SMILES string of the molecule is Nc1ccc(OCc2csc3ccccc23)c(F)c1. The zero-order chi connectivity index (χ0) is 13.2. The van der Waals surface area contributed by atoms with Gasteiger partial charge in [-0.25, -0.2) is 4.39 Å². The van der Waals surface area contributed by atoms with Crippen molar-refractivity contribution >= 4 is 27.1 Å². The number of nitrogens with two attached hydrogens (primary N) is 1. The number of nitrogen functional groups attached to an aromatic ring is 1. The summed E-state index contributed by atoms with van der Waals surface area (Å²) in [6.45, 7) is 0.352. The van der Waals surface area contributed by atoms with Crippen molar-refractivity contribution in [2.24, 2.45) is 0 Å². The van der Waals surface area contributed by atoms with Gasteiger partial charge < -0.3 is 10.5 Å². The average molecular weight is 273 g/mol. The van der Waals surface area contributed by atoms with Gasteiger partial charge in [-0.15, -0.1) is 11.3 Å². The van der Waals surface area contributed by atoms with Crippen LogP contribution in [0, 0.1) is 5.82 Å². The van der Waals surface area contributed by atoms with Gasteiger partial charge in [0, 0.05) is 22.0 Å². The van der Waals surface area contributed by atoms with Crippen LogP contribution in [0.15, 0.2) is 47.8 Å². The molecule has 0 bridgehead atoms. The molecule has 1 heterocycles. The zero-order valence-corrected chi connectivity index (χ0v) is 10.9. The molecule has 0 amide bonds. The molecular weight excluding hydrogens is 261 g/mol. The number of fused-ring (bicyclic) bond motifs is 1. The predicted octanol–water partition coefficient (Wildman–Crippen LogP) is 4.20. The number of thiophene rings is 1. The maximum atomic E-state index is 13.6. The highest BCUT2D eigenvalue weighted by molar-refractivity contribution is 7.17. The van der Waals surface area contributed by atoms with Crippen LogP contribution in [0.2, 0.25) is 0 Å². The van der Waals surface area contributed by atoms with Gasteiger partial charge in [-0.05, 0) is 29.0 Å². The van der Waals surface area contributed by atoms with Crippen molar-refractivity contribution in [3.05, 3.63) is 59.2 Å². The van der Waals surface area contributed by atoms with Crippen molar-refractivity contribution in [2.75, 3.05) is 5.73 Å². The van der Waals surface area contributed by atoms with Gasteiger partial charge in [0.05, 0.1) is 0 Å². The Hall–Kier alpha value is -2.07. The van der Waals surface area contributed by atoms with Crippen LogP contribution in [0.5, 0.6) is 5.75 Å². The van der Waals surface area contributed by atoms with Gasteiger partial charge in [-0.2, -0.15) is 0 Å². The summed E-state index contributed by atoms with van der Waals surface area (Å²) in [5.41, 5.74) is 6.96. The van der Waals surface area contributed by atoms with E-state index in [1.807, 2.05) is 23.6 Å². The molecule has 0 aliphatic carbocycles. The molecule has 3 rings (SSSR count). The van der Waals surface area contributed by atoms with Crippen LogP contribution in [0.4, 0.5) is 10.1 Å². The van der Waals surface area contributed by atoms with E-state index in [2.05, 4.69) is 6.07 Å². The Labute approximate surface area is 114 Å². The highest BCUT2D eigenvalue weighted by atomic mass is 32.1. The van der Waals surface area contributed by atoms with E-state index in [0.717, 1.165) is 10.9 Å². The predicted molar refractivity (Wildman–Crippen MR) is 77.0 cm³/mol. The van der Waals surface area contributed by atoms with Crippen molar-refractivity contribution in [3.63, 3.8) is 0 Å². The largest absolute Gasteiger partial charge is 0.486 e. The molecule has 2 N–H and O–H groups in total. The molecule has 0 saturated heterocycles. The first-order valence-corrected chi connectivity index (χ1v) is 6.75. The van der Waals surface area contributed by atoms with Crippen molar-refractivity contribution in [3.8, 4) is 5.75 Å². The fraction of sp³-hybridized carbons (Fsp3) is 0.0667. The van der Waals surface area contributed by atoms with Crippen LogP contribution in [-0.4, -0.2) is 0 Å². The second kappa shape index (κ2) is 4.90. The van der Waals surface area contributed by atoms with Crippen LogP contribution in [0.25, 0.3) is 10.1 Å². The summed E-state index contributed by atoms with van der Waals surface area (Å²) in [6, 6.07) is 12.5. The summed E-state index contributed by atoms with van der Waals surface area (Å²) < 4.78 is 20.3. The minimum atomic E-state index is -0.431. The van der Waals surface area contributed by atoms with E-state index < -0.39 is 5.82 Å².